The van der Waals surface area contributed by atoms with Crippen LogP contribution < -0.4 is 14.8 Å². The molecule has 0 saturated carbocycles. The number of nitrogens with zero attached hydrogens (tertiary/aromatic N) is 3. The molecule has 25 heavy (non-hydrogen) atoms. The summed E-state index contributed by atoms with van der Waals surface area (Å²) in [6.07, 6.45) is 9.91. The van der Waals surface area contributed by atoms with E-state index in [-0.39, 0.29) is 12.7 Å². The highest BCUT2D eigenvalue weighted by Gasteiger charge is 2.12. The van der Waals surface area contributed by atoms with Gasteiger partial charge in [0.15, 0.2) is 11.5 Å². The Bertz CT molecular complexity index is 918. The van der Waals surface area contributed by atoms with Gasteiger partial charge in [0, 0.05) is 18.5 Å². The topological polar surface area (TPSA) is 78.3 Å². The van der Waals surface area contributed by atoms with E-state index in [0.717, 1.165) is 11.4 Å². The third kappa shape index (κ3) is 3.35. The van der Waals surface area contributed by atoms with Gasteiger partial charge in [-0.25, -0.2) is 9.97 Å². The molecule has 1 amide bonds. The number of carbonyl (C=O) groups excluding carboxylic acids is 1. The Labute approximate surface area is 143 Å². The summed E-state index contributed by atoms with van der Waals surface area (Å²) in [5, 5.41) is 2.77. The highest BCUT2D eigenvalue weighted by atomic mass is 16.7. The van der Waals surface area contributed by atoms with Crippen LogP contribution in [0.25, 0.3) is 11.9 Å². The molecule has 1 aromatic carbocycles. The number of imidazole rings is 1. The second kappa shape index (κ2) is 6.48. The second-order valence-corrected chi connectivity index (χ2v) is 5.31. The van der Waals surface area contributed by atoms with Crippen LogP contribution in [0.1, 0.15) is 5.56 Å². The van der Waals surface area contributed by atoms with E-state index in [4.69, 9.17) is 9.47 Å². The van der Waals surface area contributed by atoms with Gasteiger partial charge in [-0.3, -0.25) is 9.36 Å². The number of benzene rings is 1. The molecule has 3 heterocycles. The minimum atomic E-state index is -0.241. The highest BCUT2D eigenvalue weighted by molar-refractivity contribution is 6.01. The van der Waals surface area contributed by atoms with Crippen LogP contribution in [0.5, 0.6) is 11.5 Å². The van der Waals surface area contributed by atoms with Crippen LogP contribution in [-0.2, 0) is 4.79 Å². The van der Waals surface area contributed by atoms with Gasteiger partial charge in [0.05, 0.1) is 11.9 Å². The van der Waals surface area contributed by atoms with E-state index < -0.39 is 0 Å². The first-order valence-corrected chi connectivity index (χ1v) is 7.61. The molecule has 0 spiro atoms. The summed E-state index contributed by atoms with van der Waals surface area (Å²) in [4.78, 5) is 20.3. The van der Waals surface area contributed by atoms with Gasteiger partial charge in [-0.2, -0.15) is 0 Å². The Morgan fingerprint density at radius 3 is 2.92 bits per heavy atom. The Hall–Kier alpha value is -3.61. The normalized spacial score (nSPS) is 12.5. The second-order valence-electron chi connectivity index (χ2n) is 5.31. The molecular formula is C18H14N4O3. The lowest BCUT2D eigenvalue weighted by Crippen LogP contribution is -2.08. The fourth-order valence-electron chi connectivity index (χ4n) is 2.38. The molecule has 3 aromatic rings. The van der Waals surface area contributed by atoms with Gasteiger partial charge < -0.3 is 14.8 Å². The number of carbonyl (C=O) groups is 1. The van der Waals surface area contributed by atoms with Crippen LogP contribution in [0.15, 0.2) is 61.3 Å². The third-order valence-corrected chi connectivity index (χ3v) is 3.61. The van der Waals surface area contributed by atoms with Crippen molar-refractivity contribution in [1.82, 2.24) is 14.5 Å². The van der Waals surface area contributed by atoms with E-state index in [1.54, 1.807) is 47.7 Å². The molecule has 4 rings (SSSR count). The minimum Gasteiger partial charge on any atom is -0.454 e. The lowest BCUT2D eigenvalue weighted by molar-refractivity contribution is -0.111. The standard InChI is InChI=1S/C18H14N4O3/c23-18(6-2-13-1-4-15-16(9-13)25-12-24-15)21-14-3-5-17(20-10-14)22-8-7-19-11-22/h1-11H,12H2,(H,21,23)/b6-2+. The number of hydrogen-bond donors (Lipinski definition) is 1. The Kier molecular flexibility index (Phi) is 3.88. The fourth-order valence-corrected chi connectivity index (χ4v) is 2.38. The number of rotatable bonds is 4. The molecule has 0 radical (unpaired) electrons. The maximum Gasteiger partial charge on any atom is 0.248 e. The van der Waals surface area contributed by atoms with E-state index in [1.165, 1.54) is 6.08 Å². The van der Waals surface area contributed by atoms with Gasteiger partial charge >= 0.3 is 0 Å². The predicted molar refractivity (Wildman–Crippen MR) is 91.6 cm³/mol. The van der Waals surface area contributed by atoms with E-state index in [1.807, 2.05) is 18.2 Å². The number of nitrogens with one attached hydrogen (secondary N) is 1. The van der Waals surface area contributed by atoms with Gasteiger partial charge in [0.25, 0.3) is 0 Å². The first-order chi connectivity index (χ1) is 12.3. The number of ether oxygens (including phenoxy) is 2. The average molecular weight is 334 g/mol. The summed E-state index contributed by atoms with van der Waals surface area (Å²) in [5.74, 6) is 1.88. The summed E-state index contributed by atoms with van der Waals surface area (Å²) >= 11 is 0. The van der Waals surface area contributed by atoms with Crippen molar-refractivity contribution >= 4 is 17.7 Å². The number of fused-ring (bicyclic) bond motifs is 1. The van der Waals surface area contributed by atoms with Crippen molar-refractivity contribution in [2.24, 2.45) is 0 Å². The van der Waals surface area contributed by atoms with Gasteiger partial charge in [-0.15, -0.1) is 0 Å². The largest absolute Gasteiger partial charge is 0.454 e. The van der Waals surface area contributed by atoms with Crippen LogP contribution in [0.4, 0.5) is 5.69 Å². The molecule has 1 N–H and O–H groups in total. The molecule has 0 bridgehead atoms. The maximum absolute atomic E-state index is 12.0. The number of pyridine rings is 1. The zero-order valence-electron chi connectivity index (χ0n) is 13.1. The molecule has 1 aliphatic heterocycles. The van der Waals surface area contributed by atoms with E-state index in [9.17, 15) is 4.79 Å². The van der Waals surface area contributed by atoms with Crippen molar-refractivity contribution in [3.8, 4) is 17.3 Å². The van der Waals surface area contributed by atoms with E-state index in [2.05, 4.69) is 15.3 Å². The van der Waals surface area contributed by atoms with Gasteiger partial charge in [0.2, 0.25) is 12.7 Å². The third-order valence-electron chi connectivity index (χ3n) is 3.61. The van der Waals surface area contributed by atoms with Crippen LogP contribution in [0, 0.1) is 0 Å². The first kappa shape index (κ1) is 14.9. The van der Waals surface area contributed by atoms with Crippen LogP contribution >= 0.6 is 0 Å². The van der Waals surface area contributed by atoms with E-state index in [0.29, 0.717) is 17.2 Å². The molecule has 0 atom stereocenters. The van der Waals surface area contributed by atoms with Crippen molar-refractivity contribution in [3.63, 3.8) is 0 Å². The fraction of sp³-hybridized carbons (Fsp3) is 0.0556. The number of hydrogen-bond acceptors (Lipinski definition) is 5. The average Bonchev–Trinajstić information content (AvgIpc) is 3.32. The number of amides is 1. The zero-order chi connectivity index (χ0) is 17.1. The molecule has 0 fully saturated rings. The van der Waals surface area contributed by atoms with E-state index >= 15 is 0 Å². The lowest BCUT2D eigenvalue weighted by Gasteiger charge is -2.04. The van der Waals surface area contributed by atoms with Crippen LogP contribution in [-0.4, -0.2) is 27.2 Å². The number of aromatic nitrogens is 3. The molecule has 2 aromatic heterocycles. The predicted octanol–water partition coefficient (Wildman–Crippen LogP) is 2.65. The van der Waals surface area contributed by atoms with Crippen molar-refractivity contribution in [3.05, 3.63) is 66.9 Å². The summed E-state index contributed by atoms with van der Waals surface area (Å²) in [5.41, 5.74) is 1.47. The first-order valence-electron chi connectivity index (χ1n) is 7.61. The quantitative estimate of drug-likeness (QED) is 0.742. The smallest absolute Gasteiger partial charge is 0.248 e. The number of anilines is 1. The maximum atomic E-state index is 12.0. The lowest BCUT2D eigenvalue weighted by atomic mass is 10.2. The molecular weight excluding hydrogens is 320 g/mol. The molecule has 7 nitrogen and oxygen atoms in total. The molecule has 0 aliphatic carbocycles. The summed E-state index contributed by atoms with van der Waals surface area (Å²) < 4.78 is 12.4. The Morgan fingerprint density at radius 1 is 1.20 bits per heavy atom. The van der Waals surface area contributed by atoms with Crippen molar-refractivity contribution in [2.75, 3.05) is 12.1 Å². The van der Waals surface area contributed by atoms with Crippen molar-refractivity contribution in [1.29, 1.82) is 0 Å². The monoisotopic (exact) mass is 334 g/mol. The van der Waals surface area contributed by atoms with Gasteiger partial charge in [-0.05, 0) is 35.9 Å². The molecule has 0 unspecified atom stereocenters. The van der Waals surface area contributed by atoms with Crippen molar-refractivity contribution < 1.29 is 14.3 Å². The minimum absolute atomic E-state index is 0.227. The molecule has 7 heteroatoms. The van der Waals surface area contributed by atoms with Crippen molar-refractivity contribution in [2.45, 2.75) is 0 Å². The molecule has 0 saturated heterocycles. The van der Waals surface area contributed by atoms with Gasteiger partial charge in [0.1, 0.15) is 12.1 Å². The molecule has 124 valence electrons. The molecule has 1 aliphatic rings. The van der Waals surface area contributed by atoms with Gasteiger partial charge in [-0.1, -0.05) is 6.07 Å². The Balaban J connectivity index is 1.40. The van der Waals surface area contributed by atoms with Crippen LogP contribution in [0.2, 0.25) is 0 Å². The summed E-state index contributed by atoms with van der Waals surface area (Å²) in [6, 6.07) is 9.10. The summed E-state index contributed by atoms with van der Waals surface area (Å²) in [7, 11) is 0. The highest BCUT2D eigenvalue weighted by Crippen LogP contribution is 2.32. The van der Waals surface area contributed by atoms with Crippen LogP contribution in [0.3, 0.4) is 0 Å². The summed E-state index contributed by atoms with van der Waals surface area (Å²) in [6.45, 7) is 0.227. The Morgan fingerprint density at radius 2 is 2.12 bits per heavy atom. The zero-order valence-corrected chi connectivity index (χ0v) is 13.1. The SMILES string of the molecule is O=C(/C=C/c1ccc2c(c1)OCO2)Nc1ccc(-n2ccnc2)nc1.